The van der Waals surface area contributed by atoms with E-state index >= 15 is 0 Å². The normalized spacial score (nSPS) is 11.8. The van der Waals surface area contributed by atoms with Crippen molar-refractivity contribution in [3.05, 3.63) is 47.5 Å². The molecule has 126 valence electrons. The molecule has 9 heteroatoms. The summed E-state index contributed by atoms with van der Waals surface area (Å²) in [5, 5.41) is 11.3. The van der Waals surface area contributed by atoms with Gasteiger partial charge in [0, 0.05) is 11.9 Å². The fourth-order valence-corrected chi connectivity index (χ4v) is 3.22. The zero-order valence-electron chi connectivity index (χ0n) is 13.4. The van der Waals surface area contributed by atoms with E-state index in [9.17, 15) is 13.2 Å². The van der Waals surface area contributed by atoms with Crippen molar-refractivity contribution in [2.24, 2.45) is 0 Å². The van der Waals surface area contributed by atoms with Gasteiger partial charge in [0.1, 0.15) is 6.07 Å². The minimum absolute atomic E-state index is 0.0368. The quantitative estimate of drug-likeness (QED) is 0.751. The molecule has 0 radical (unpaired) electrons. The zero-order valence-corrected chi connectivity index (χ0v) is 14.2. The van der Waals surface area contributed by atoms with Gasteiger partial charge in [-0.3, -0.25) is 4.79 Å². The number of H-pyrrole nitrogens is 1. The number of sulfonamides is 1. The molecule has 1 heterocycles. The van der Waals surface area contributed by atoms with Gasteiger partial charge in [0.2, 0.25) is 10.0 Å². The number of nitrogens with one attached hydrogen (secondary N) is 3. The Labute approximate surface area is 140 Å². The molecule has 24 heavy (non-hydrogen) atoms. The van der Waals surface area contributed by atoms with Crippen LogP contribution in [0, 0.1) is 11.3 Å². The van der Waals surface area contributed by atoms with Crippen molar-refractivity contribution >= 4 is 21.6 Å². The molecule has 0 saturated carbocycles. The van der Waals surface area contributed by atoms with Gasteiger partial charge >= 0.3 is 0 Å². The van der Waals surface area contributed by atoms with Crippen LogP contribution in [0.1, 0.15) is 35.7 Å². The molecular formula is C15H17N5O3S. The van der Waals surface area contributed by atoms with Crippen molar-refractivity contribution in [3.63, 3.8) is 0 Å². The molecule has 1 aromatic heterocycles. The Kier molecular flexibility index (Phi) is 4.73. The molecule has 0 aliphatic heterocycles. The van der Waals surface area contributed by atoms with E-state index < -0.39 is 21.5 Å². The van der Waals surface area contributed by atoms with Crippen LogP contribution in [0.2, 0.25) is 0 Å². The van der Waals surface area contributed by atoms with Crippen LogP contribution in [0.3, 0.4) is 0 Å². The predicted molar refractivity (Wildman–Crippen MR) is 88.7 cm³/mol. The Morgan fingerprint density at radius 2 is 1.92 bits per heavy atom. The molecule has 0 saturated heterocycles. The standard InChI is InChI=1S/C15H17N5O3S/c1-15(2,20-24(3,22)23)10-4-6-11(7-5-10)19-14(21)13-17-9-12(8-16)18-13/h4-7,9,20H,1-3H3,(H,17,18)(H,19,21). The third kappa shape index (κ3) is 4.41. The number of nitriles is 1. The Morgan fingerprint density at radius 3 is 2.42 bits per heavy atom. The van der Waals surface area contributed by atoms with Crippen LogP contribution in [-0.4, -0.2) is 30.5 Å². The molecule has 0 unspecified atom stereocenters. The number of nitrogens with zero attached hydrogens (tertiary/aromatic N) is 2. The fraction of sp³-hybridized carbons (Fsp3) is 0.267. The first-order valence-electron chi connectivity index (χ1n) is 6.97. The monoisotopic (exact) mass is 347 g/mol. The van der Waals surface area contributed by atoms with E-state index in [0.29, 0.717) is 5.69 Å². The lowest BCUT2D eigenvalue weighted by Crippen LogP contribution is -2.40. The highest BCUT2D eigenvalue weighted by molar-refractivity contribution is 7.88. The topological polar surface area (TPSA) is 128 Å². The van der Waals surface area contributed by atoms with Gasteiger partial charge in [-0.25, -0.2) is 18.1 Å². The van der Waals surface area contributed by atoms with Crippen molar-refractivity contribution in [1.29, 1.82) is 5.26 Å². The van der Waals surface area contributed by atoms with Gasteiger partial charge in [-0.15, -0.1) is 0 Å². The van der Waals surface area contributed by atoms with Gasteiger partial charge < -0.3 is 10.3 Å². The molecule has 0 bridgehead atoms. The number of carbonyl (C=O) groups is 1. The van der Waals surface area contributed by atoms with Gasteiger partial charge in [0.05, 0.1) is 11.8 Å². The molecule has 0 aliphatic carbocycles. The summed E-state index contributed by atoms with van der Waals surface area (Å²) in [7, 11) is -3.35. The van der Waals surface area contributed by atoms with Crippen LogP contribution in [0.5, 0.6) is 0 Å². The van der Waals surface area contributed by atoms with E-state index in [1.807, 2.05) is 6.07 Å². The molecule has 1 amide bonds. The van der Waals surface area contributed by atoms with Crippen molar-refractivity contribution in [1.82, 2.24) is 14.7 Å². The van der Waals surface area contributed by atoms with Gasteiger partial charge in [-0.05, 0) is 31.5 Å². The number of amides is 1. The van der Waals surface area contributed by atoms with Crippen LogP contribution in [-0.2, 0) is 15.6 Å². The van der Waals surface area contributed by atoms with Crippen LogP contribution in [0.15, 0.2) is 30.5 Å². The fourth-order valence-electron chi connectivity index (χ4n) is 2.18. The van der Waals surface area contributed by atoms with Crippen LogP contribution >= 0.6 is 0 Å². The second-order valence-corrected chi connectivity index (χ2v) is 7.53. The second-order valence-electron chi connectivity index (χ2n) is 5.78. The van der Waals surface area contributed by atoms with E-state index in [1.54, 1.807) is 38.1 Å². The van der Waals surface area contributed by atoms with E-state index in [-0.39, 0.29) is 11.5 Å². The summed E-state index contributed by atoms with van der Waals surface area (Å²) >= 11 is 0. The van der Waals surface area contributed by atoms with Crippen LogP contribution < -0.4 is 10.0 Å². The molecule has 0 spiro atoms. The lowest BCUT2D eigenvalue weighted by atomic mass is 9.95. The van der Waals surface area contributed by atoms with Gasteiger partial charge in [0.15, 0.2) is 11.5 Å². The number of carbonyl (C=O) groups excluding carboxylic acids is 1. The SMILES string of the molecule is CC(C)(NS(C)(=O)=O)c1ccc(NC(=O)c2nc(C#N)c[nH]2)cc1. The Hall–Kier alpha value is -2.70. The average Bonchev–Trinajstić information content (AvgIpc) is 2.94. The Balaban J connectivity index is 2.12. The molecule has 1 aromatic carbocycles. The maximum absolute atomic E-state index is 12.0. The van der Waals surface area contributed by atoms with E-state index in [1.165, 1.54) is 6.20 Å². The summed E-state index contributed by atoms with van der Waals surface area (Å²) < 4.78 is 25.4. The zero-order chi connectivity index (χ0) is 18.0. The third-order valence-electron chi connectivity index (χ3n) is 3.21. The van der Waals surface area contributed by atoms with Gasteiger partial charge in [-0.2, -0.15) is 5.26 Å². The highest BCUT2D eigenvalue weighted by atomic mass is 32.2. The molecule has 0 aliphatic rings. The first kappa shape index (κ1) is 17.7. The second kappa shape index (κ2) is 6.43. The first-order chi connectivity index (χ1) is 11.1. The maximum Gasteiger partial charge on any atom is 0.291 e. The first-order valence-corrected chi connectivity index (χ1v) is 8.86. The number of imidazole rings is 1. The van der Waals surface area contributed by atoms with E-state index in [0.717, 1.165) is 11.8 Å². The number of hydrogen-bond acceptors (Lipinski definition) is 5. The van der Waals surface area contributed by atoms with Crippen molar-refractivity contribution in [2.45, 2.75) is 19.4 Å². The summed E-state index contributed by atoms with van der Waals surface area (Å²) in [5.74, 6) is -0.438. The number of hydrogen-bond donors (Lipinski definition) is 3. The molecule has 0 atom stereocenters. The summed E-state index contributed by atoms with van der Waals surface area (Å²) in [5.41, 5.74) is 0.618. The largest absolute Gasteiger partial charge is 0.339 e. The lowest BCUT2D eigenvalue weighted by molar-refractivity contribution is 0.101. The van der Waals surface area contributed by atoms with E-state index in [2.05, 4.69) is 20.0 Å². The number of aromatic amines is 1. The summed E-state index contributed by atoms with van der Waals surface area (Å²) in [6, 6.07) is 8.59. The van der Waals surface area contributed by atoms with Crippen molar-refractivity contribution in [2.75, 3.05) is 11.6 Å². The summed E-state index contributed by atoms with van der Waals surface area (Å²) in [4.78, 5) is 18.4. The minimum atomic E-state index is -3.35. The van der Waals surface area contributed by atoms with Crippen LogP contribution in [0.4, 0.5) is 5.69 Å². The summed E-state index contributed by atoms with van der Waals surface area (Å²) in [6.07, 6.45) is 2.44. The number of benzene rings is 1. The predicted octanol–water partition coefficient (Wildman–Crippen LogP) is 1.32. The number of rotatable bonds is 5. The minimum Gasteiger partial charge on any atom is -0.339 e. The number of anilines is 1. The van der Waals surface area contributed by atoms with Crippen LogP contribution in [0.25, 0.3) is 0 Å². The number of aromatic nitrogens is 2. The smallest absolute Gasteiger partial charge is 0.291 e. The summed E-state index contributed by atoms with van der Waals surface area (Å²) in [6.45, 7) is 3.49. The van der Waals surface area contributed by atoms with Gasteiger partial charge in [-0.1, -0.05) is 12.1 Å². The van der Waals surface area contributed by atoms with Crippen molar-refractivity contribution < 1.29 is 13.2 Å². The highest BCUT2D eigenvalue weighted by Crippen LogP contribution is 2.22. The lowest BCUT2D eigenvalue weighted by Gasteiger charge is -2.25. The molecular weight excluding hydrogens is 330 g/mol. The van der Waals surface area contributed by atoms with Crippen molar-refractivity contribution in [3.8, 4) is 6.07 Å². The Bertz CT molecular complexity index is 892. The van der Waals surface area contributed by atoms with E-state index in [4.69, 9.17) is 5.26 Å². The third-order valence-corrected chi connectivity index (χ3v) is 4.09. The molecule has 2 aromatic rings. The highest BCUT2D eigenvalue weighted by Gasteiger charge is 2.24. The molecule has 8 nitrogen and oxygen atoms in total. The Morgan fingerprint density at radius 1 is 1.29 bits per heavy atom. The molecule has 3 N–H and O–H groups in total. The van der Waals surface area contributed by atoms with Gasteiger partial charge in [0.25, 0.3) is 5.91 Å². The average molecular weight is 347 g/mol. The maximum atomic E-state index is 12.0. The molecule has 2 rings (SSSR count). The molecule has 0 fully saturated rings.